The van der Waals surface area contributed by atoms with E-state index in [-0.39, 0.29) is 17.1 Å². The first kappa shape index (κ1) is 38.2. The molecule has 1 aliphatic carbocycles. The third kappa shape index (κ3) is 15.1. The van der Waals surface area contributed by atoms with E-state index in [1.165, 1.54) is 0 Å². The van der Waals surface area contributed by atoms with Gasteiger partial charge in [-0.1, -0.05) is 0 Å². The molecule has 0 spiro atoms. The van der Waals surface area contributed by atoms with Crippen LogP contribution in [0, 0.1) is 0 Å². The van der Waals surface area contributed by atoms with Crippen LogP contribution in [0.2, 0.25) is 0 Å². The van der Waals surface area contributed by atoms with E-state index in [0.29, 0.717) is 0 Å². The molecular weight excluding hydrogens is 705 g/mol. The van der Waals surface area contributed by atoms with Gasteiger partial charge in [-0.15, -0.1) is 0 Å². The van der Waals surface area contributed by atoms with Crippen molar-refractivity contribution in [1.29, 1.82) is 0 Å². The van der Waals surface area contributed by atoms with Gasteiger partial charge in [-0.25, -0.2) is 27.4 Å². The Balaban J connectivity index is 0.0000130. The minimum absolute atomic E-state index is 0. The predicted molar refractivity (Wildman–Crippen MR) is 102 cm³/mol. The zero-order valence-corrected chi connectivity index (χ0v) is 23.0. The first-order valence-corrected chi connectivity index (χ1v) is 17.2. The summed E-state index contributed by atoms with van der Waals surface area (Å²) in [6.45, 7) is 0. The van der Waals surface area contributed by atoms with Gasteiger partial charge in [-0.3, -0.25) is 27.1 Å². The Morgan fingerprint density at radius 1 is 0.297 bits per heavy atom. The van der Waals surface area contributed by atoms with E-state index >= 15 is 0 Å². The molecule has 0 saturated heterocycles. The summed E-state index contributed by atoms with van der Waals surface area (Å²) >= 11 is 0. The van der Waals surface area contributed by atoms with Crippen LogP contribution in [0.15, 0.2) is 0 Å². The summed E-state index contributed by atoms with van der Waals surface area (Å²) in [6.07, 6.45) is -18.9. The summed E-state index contributed by atoms with van der Waals surface area (Å²) in [4.78, 5) is 110. The van der Waals surface area contributed by atoms with Crippen LogP contribution in [0.5, 0.6) is 0 Å². The zero-order valence-electron chi connectivity index (χ0n) is 16.7. The zero-order chi connectivity index (χ0) is 28.7. The van der Waals surface area contributed by atoms with Crippen LogP contribution < -0.4 is 0 Å². The Morgan fingerprint density at radius 3 is 0.432 bits per heavy atom. The third-order valence-corrected chi connectivity index (χ3v) is 6.61. The van der Waals surface area contributed by atoms with Crippen LogP contribution >= 0.6 is 46.9 Å². The summed E-state index contributed by atoms with van der Waals surface area (Å²) in [7, 11) is -36.1. The van der Waals surface area contributed by atoms with Crippen LogP contribution in [0.1, 0.15) is 0 Å². The molecule has 1 fully saturated rings. The monoisotopic (exact) mass is 723 g/mol. The summed E-state index contributed by atoms with van der Waals surface area (Å²) < 4.78 is 93.1. The van der Waals surface area contributed by atoms with E-state index in [0.717, 1.165) is 0 Å². The van der Waals surface area contributed by atoms with Crippen LogP contribution in [-0.4, -0.2) is 95.3 Å². The number of phosphoric ester groups is 6. The van der Waals surface area contributed by atoms with Gasteiger partial charge in [0.25, 0.3) is 0 Å². The molecule has 37 heavy (non-hydrogen) atoms. The molecule has 0 unspecified atom stereocenters. The summed E-state index contributed by atoms with van der Waals surface area (Å²) in [5.74, 6) is 0. The molecule has 0 aromatic heterocycles. The molecule has 1 saturated carbocycles. The molecule has 0 aromatic carbocycles. The molecule has 0 amide bonds. The Hall–Kier alpha value is 1.18. The largest absolute Gasteiger partial charge is 0.470 e. The maximum atomic E-state index is 11.4. The van der Waals surface area contributed by atoms with Crippen molar-refractivity contribution in [3.63, 3.8) is 0 Å². The molecule has 0 bridgehead atoms. The van der Waals surface area contributed by atoms with Crippen molar-refractivity contribution in [3.05, 3.63) is 0 Å². The van der Waals surface area contributed by atoms with Crippen molar-refractivity contribution in [2.75, 3.05) is 0 Å². The SMILES string of the molecule is O=P(O)(O)OC1C(OP(=O)(O)O)C(OP(=O)(O)O)C(OP(=O)(O)O)C(OP(=O)(O)O)C1OP(=O)(O)O.[Cu]. The van der Waals surface area contributed by atoms with Gasteiger partial charge in [-0.2, -0.15) is 0 Å². The molecule has 0 heterocycles. The van der Waals surface area contributed by atoms with Crippen LogP contribution in [0.25, 0.3) is 0 Å². The fourth-order valence-corrected chi connectivity index (χ4v) is 6.14. The Morgan fingerprint density at radius 2 is 0.378 bits per heavy atom. The summed E-state index contributed by atoms with van der Waals surface area (Å²) in [5, 5.41) is 0. The number of hydrogen-bond acceptors (Lipinski definition) is 12. The van der Waals surface area contributed by atoms with Crippen molar-refractivity contribution in [1.82, 2.24) is 0 Å². The predicted octanol–water partition coefficient (Wildman–Crippen LogP) is -3.14. The molecule has 227 valence electrons. The standard InChI is InChI=1S/C6H18O24P6.Cu/c7-31(8,9)25-1-2(26-32(10,11)12)4(28-34(16,17)18)6(30-36(22,23)24)5(29-35(19,20)21)3(1)27-33(13,14)15;/h1-6H,(H2,7,8,9)(H2,10,11,12)(H2,13,14,15)(H2,16,17,18)(H2,19,20,21)(H2,22,23,24);. The van der Waals surface area contributed by atoms with Crippen molar-refractivity contribution in [2.45, 2.75) is 36.6 Å². The molecule has 0 aliphatic heterocycles. The molecule has 31 heteroatoms. The average Bonchev–Trinajstić information content (AvgIpc) is 2.51. The third-order valence-electron chi connectivity index (χ3n) is 3.50. The fourth-order valence-electron chi connectivity index (χ4n) is 2.79. The molecule has 1 aliphatic rings. The van der Waals surface area contributed by atoms with Gasteiger partial charge < -0.3 is 58.7 Å². The maximum Gasteiger partial charge on any atom is 0.470 e. The van der Waals surface area contributed by atoms with E-state index in [2.05, 4.69) is 27.1 Å². The van der Waals surface area contributed by atoms with Crippen molar-refractivity contribution in [2.24, 2.45) is 0 Å². The number of rotatable bonds is 12. The molecular formula is C6H18CuO24P6. The Bertz CT molecular complexity index is 824. The quantitative estimate of drug-likeness (QED) is 0.0699. The second-order valence-electron chi connectivity index (χ2n) is 6.36. The molecule has 1 rings (SSSR count). The van der Waals surface area contributed by atoms with Gasteiger partial charge in [0.2, 0.25) is 0 Å². The van der Waals surface area contributed by atoms with Gasteiger partial charge in [0, 0.05) is 17.1 Å². The van der Waals surface area contributed by atoms with E-state index in [9.17, 15) is 27.4 Å². The smallest absolute Gasteiger partial charge is 0.303 e. The van der Waals surface area contributed by atoms with Crippen molar-refractivity contribution < 1.29 is 130 Å². The molecule has 12 N–H and O–H groups in total. The number of phosphoric acid groups is 6. The van der Waals surface area contributed by atoms with Gasteiger partial charge in [-0.05, 0) is 0 Å². The van der Waals surface area contributed by atoms with E-state index in [4.69, 9.17) is 58.7 Å². The van der Waals surface area contributed by atoms with E-state index in [1.807, 2.05) is 0 Å². The van der Waals surface area contributed by atoms with Crippen LogP contribution in [0.3, 0.4) is 0 Å². The topological polar surface area (TPSA) is 401 Å². The molecule has 1 radical (unpaired) electrons. The van der Waals surface area contributed by atoms with E-state index < -0.39 is 83.6 Å². The molecule has 0 atom stereocenters. The second-order valence-corrected chi connectivity index (χ2v) is 13.5. The Labute approximate surface area is 214 Å². The number of hydrogen-bond donors (Lipinski definition) is 12. The minimum atomic E-state index is -6.02. The van der Waals surface area contributed by atoms with Gasteiger partial charge >= 0.3 is 46.9 Å². The van der Waals surface area contributed by atoms with Crippen LogP contribution in [0.4, 0.5) is 0 Å². The first-order chi connectivity index (χ1) is 15.6. The molecule has 0 aromatic rings. The summed E-state index contributed by atoms with van der Waals surface area (Å²) in [5.41, 5.74) is 0. The molecule has 24 nitrogen and oxygen atoms in total. The fraction of sp³-hybridized carbons (Fsp3) is 1.00. The Kier molecular flexibility index (Phi) is 13.4. The first-order valence-electron chi connectivity index (χ1n) is 8.01. The van der Waals surface area contributed by atoms with Crippen molar-refractivity contribution >= 4 is 46.9 Å². The normalized spacial score (nSPS) is 28.5. The van der Waals surface area contributed by atoms with Crippen LogP contribution in [-0.2, 0) is 71.6 Å². The van der Waals surface area contributed by atoms with E-state index in [1.54, 1.807) is 0 Å². The average molecular weight is 724 g/mol. The van der Waals surface area contributed by atoms with Gasteiger partial charge in [0.1, 0.15) is 36.6 Å². The van der Waals surface area contributed by atoms with Gasteiger partial charge in [0.05, 0.1) is 0 Å². The van der Waals surface area contributed by atoms with Gasteiger partial charge in [0.15, 0.2) is 0 Å². The second kappa shape index (κ2) is 13.0. The minimum Gasteiger partial charge on any atom is -0.303 e. The summed E-state index contributed by atoms with van der Waals surface area (Å²) in [6, 6.07) is 0. The van der Waals surface area contributed by atoms with Crippen molar-refractivity contribution in [3.8, 4) is 0 Å². The maximum absolute atomic E-state index is 11.4.